The molecule has 1 saturated heterocycles. The molecule has 0 aliphatic carbocycles. The molecule has 1 amide bonds. The maximum atomic E-state index is 12.0. The molecule has 1 aromatic carbocycles. The monoisotopic (exact) mass is 298 g/mol. The Morgan fingerprint density at radius 2 is 2.00 bits per heavy atom. The third-order valence-corrected chi connectivity index (χ3v) is 3.53. The highest BCUT2D eigenvalue weighted by molar-refractivity contribution is 5.68. The highest BCUT2D eigenvalue weighted by Gasteiger charge is 2.28. The Balaban J connectivity index is 1.46. The molecule has 2 aromatic rings. The number of rotatable bonds is 4. The number of carbonyl (C=O) groups is 1. The average molecular weight is 298 g/mol. The van der Waals surface area contributed by atoms with Crippen LogP contribution in [0.2, 0.25) is 0 Å². The SMILES string of the molecule is O=C(OCc1ccccc1)N1CCC(Oc2ccccn2)C1. The van der Waals surface area contributed by atoms with Crippen molar-refractivity contribution < 1.29 is 14.3 Å². The van der Waals surface area contributed by atoms with E-state index in [1.807, 2.05) is 48.5 Å². The quantitative estimate of drug-likeness (QED) is 0.871. The van der Waals surface area contributed by atoms with E-state index in [2.05, 4.69) is 4.98 Å². The van der Waals surface area contributed by atoms with Crippen LogP contribution < -0.4 is 4.74 Å². The molecule has 1 fully saturated rings. The van der Waals surface area contributed by atoms with Crippen molar-refractivity contribution in [2.45, 2.75) is 19.1 Å². The number of benzene rings is 1. The number of aromatic nitrogens is 1. The Morgan fingerprint density at radius 3 is 2.77 bits per heavy atom. The van der Waals surface area contributed by atoms with Crippen LogP contribution in [0.15, 0.2) is 54.7 Å². The van der Waals surface area contributed by atoms with Gasteiger partial charge in [0.2, 0.25) is 5.88 Å². The van der Waals surface area contributed by atoms with E-state index in [0.29, 0.717) is 25.6 Å². The predicted octanol–water partition coefficient (Wildman–Crippen LogP) is 2.87. The summed E-state index contributed by atoms with van der Waals surface area (Å²) < 4.78 is 11.1. The molecule has 1 aromatic heterocycles. The normalized spacial score (nSPS) is 17.3. The third-order valence-electron chi connectivity index (χ3n) is 3.53. The van der Waals surface area contributed by atoms with Gasteiger partial charge in [-0.05, 0) is 11.6 Å². The first kappa shape index (κ1) is 14.4. The Morgan fingerprint density at radius 1 is 1.18 bits per heavy atom. The van der Waals surface area contributed by atoms with Gasteiger partial charge in [-0.25, -0.2) is 9.78 Å². The zero-order chi connectivity index (χ0) is 15.2. The summed E-state index contributed by atoms with van der Waals surface area (Å²) in [4.78, 5) is 17.9. The largest absolute Gasteiger partial charge is 0.472 e. The number of pyridine rings is 1. The molecule has 5 nitrogen and oxygen atoms in total. The Hall–Kier alpha value is -2.56. The number of likely N-dealkylation sites (tertiary alicyclic amines) is 1. The maximum absolute atomic E-state index is 12.0. The highest BCUT2D eigenvalue weighted by atomic mass is 16.6. The number of hydrogen-bond donors (Lipinski definition) is 0. The van der Waals surface area contributed by atoms with Gasteiger partial charge in [0, 0.05) is 25.2 Å². The van der Waals surface area contributed by atoms with Gasteiger partial charge in [-0.3, -0.25) is 0 Å². The fourth-order valence-corrected chi connectivity index (χ4v) is 2.39. The van der Waals surface area contributed by atoms with E-state index in [1.165, 1.54) is 0 Å². The minimum Gasteiger partial charge on any atom is -0.472 e. The van der Waals surface area contributed by atoms with Gasteiger partial charge in [0.1, 0.15) is 12.7 Å². The van der Waals surface area contributed by atoms with Gasteiger partial charge in [0.05, 0.1) is 6.54 Å². The zero-order valence-corrected chi connectivity index (χ0v) is 12.2. The van der Waals surface area contributed by atoms with Crippen LogP contribution in [0.3, 0.4) is 0 Å². The topological polar surface area (TPSA) is 51.7 Å². The van der Waals surface area contributed by atoms with Crippen molar-refractivity contribution in [2.24, 2.45) is 0 Å². The second kappa shape index (κ2) is 6.93. The van der Waals surface area contributed by atoms with Crippen molar-refractivity contribution in [3.05, 3.63) is 60.3 Å². The molecule has 1 aliphatic rings. The zero-order valence-electron chi connectivity index (χ0n) is 12.2. The molecule has 0 N–H and O–H groups in total. The summed E-state index contributed by atoms with van der Waals surface area (Å²) in [5, 5.41) is 0. The molecule has 0 radical (unpaired) electrons. The second-order valence-corrected chi connectivity index (χ2v) is 5.18. The predicted molar refractivity (Wildman–Crippen MR) is 81.5 cm³/mol. The van der Waals surface area contributed by atoms with Crippen molar-refractivity contribution in [1.82, 2.24) is 9.88 Å². The van der Waals surface area contributed by atoms with E-state index in [-0.39, 0.29) is 12.2 Å². The van der Waals surface area contributed by atoms with E-state index >= 15 is 0 Å². The third kappa shape index (κ3) is 3.75. The summed E-state index contributed by atoms with van der Waals surface area (Å²) in [6, 6.07) is 15.2. The van der Waals surface area contributed by atoms with E-state index in [1.54, 1.807) is 11.1 Å². The summed E-state index contributed by atoms with van der Waals surface area (Å²) >= 11 is 0. The number of hydrogen-bond acceptors (Lipinski definition) is 4. The lowest BCUT2D eigenvalue weighted by molar-refractivity contribution is 0.0988. The molecule has 5 heteroatoms. The van der Waals surface area contributed by atoms with Crippen molar-refractivity contribution in [1.29, 1.82) is 0 Å². The summed E-state index contributed by atoms with van der Waals surface area (Å²) in [6.45, 7) is 1.47. The van der Waals surface area contributed by atoms with Crippen LogP contribution >= 0.6 is 0 Å². The number of amides is 1. The van der Waals surface area contributed by atoms with Gasteiger partial charge in [-0.15, -0.1) is 0 Å². The van der Waals surface area contributed by atoms with Gasteiger partial charge >= 0.3 is 6.09 Å². The Bertz CT molecular complexity index is 604. The Labute approximate surface area is 129 Å². The van der Waals surface area contributed by atoms with Crippen molar-refractivity contribution in [3.8, 4) is 5.88 Å². The molecule has 1 atom stereocenters. The molecule has 2 heterocycles. The molecule has 0 bridgehead atoms. The van der Waals surface area contributed by atoms with Gasteiger partial charge in [0.15, 0.2) is 0 Å². The lowest BCUT2D eigenvalue weighted by Gasteiger charge is -2.16. The summed E-state index contributed by atoms with van der Waals surface area (Å²) in [5.41, 5.74) is 0.983. The van der Waals surface area contributed by atoms with Crippen LogP contribution in [0.25, 0.3) is 0 Å². The van der Waals surface area contributed by atoms with Gasteiger partial charge in [-0.1, -0.05) is 36.4 Å². The molecule has 0 saturated carbocycles. The Kier molecular flexibility index (Phi) is 4.53. The van der Waals surface area contributed by atoms with Crippen LogP contribution in [0.5, 0.6) is 5.88 Å². The highest BCUT2D eigenvalue weighted by Crippen LogP contribution is 2.17. The molecule has 22 heavy (non-hydrogen) atoms. The molecule has 1 aliphatic heterocycles. The average Bonchev–Trinajstić information content (AvgIpc) is 3.03. The lowest BCUT2D eigenvalue weighted by Crippen LogP contribution is -2.31. The summed E-state index contributed by atoms with van der Waals surface area (Å²) in [7, 11) is 0. The summed E-state index contributed by atoms with van der Waals surface area (Å²) in [5.74, 6) is 0.590. The van der Waals surface area contributed by atoms with Crippen LogP contribution in [-0.2, 0) is 11.3 Å². The molecule has 3 rings (SSSR count). The maximum Gasteiger partial charge on any atom is 0.410 e. The molecular weight excluding hydrogens is 280 g/mol. The van der Waals surface area contributed by atoms with Crippen molar-refractivity contribution in [3.63, 3.8) is 0 Å². The number of carbonyl (C=O) groups excluding carboxylic acids is 1. The van der Waals surface area contributed by atoms with E-state index < -0.39 is 0 Å². The van der Waals surface area contributed by atoms with E-state index in [0.717, 1.165) is 12.0 Å². The molecular formula is C17H18N2O3. The van der Waals surface area contributed by atoms with Gasteiger partial charge in [0.25, 0.3) is 0 Å². The second-order valence-electron chi connectivity index (χ2n) is 5.18. The molecule has 0 spiro atoms. The first-order valence-corrected chi connectivity index (χ1v) is 7.34. The van der Waals surface area contributed by atoms with Gasteiger partial charge < -0.3 is 14.4 Å². The fourth-order valence-electron chi connectivity index (χ4n) is 2.39. The minimum atomic E-state index is -0.295. The minimum absolute atomic E-state index is 0.0285. The van der Waals surface area contributed by atoms with Gasteiger partial charge in [-0.2, -0.15) is 0 Å². The summed E-state index contributed by atoms with van der Waals surface area (Å²) in [6.07, 6.45) is 2.16. The lowest BCUT2D eigenvalue weighted by atomic mass is 10.2. The van der Waals surface area contributed by atoms with Crippen LogP contribution in [0, 0.1) is 0 Å². The smallest absolute Gasteiger partial charge is 0.410 e. The standard InChI is InChI=1S/C17H18N2O3/c20-17(21-13-14-6-2-1-3-7-14)19-11-9-15(12-19)22-16-8-4-5-10-18-16/h1-8,10,15H,9,11-13H2. The molecule has 114 valence electrons. The van der Waals surface area contributed by atoms with Crippen LogP contribution in [0.1, 0.15) is 12.0 Å². The van der Waals surface area contributed by atoms with Crippen LogP contribution in [-0.4, -0.2) is 35.2 Å². The first-order chi connectivity index (χ1) is 10.8. The van der Waals surface area contributed by atoms with Crippen molar-refractivity contribution in [2.75, 3.05) is 13.1 Å². The van der Waals surface area contributed by atoms with Crippen LogP contribution in [0.4, 0.5) is 4.79 Å². The van der Waals surface area contributed by atoms with Crippen molar-refractivity contribution >= 4 is 6.09 Å². The number of nitrogens with zero attached hydrogens (tertiary/aromatic N) is 2. The van der Waals surface area contributed by atoms with E-state index in [4.69, 9.17) is 9.47 Å². The first-order valence-electron chi connectivity index (χ1n) is 7.34. The molecule has 1 unspecified atom stereocenters. The number of ether oxygens (including phenoxy) is 2. The fraction of sp³-hybridized carbons (Fsp3) is 0.294. The van der Waals surface area contributed by atoms with E-state index in [9.17, 15) is 4.79 Å².